The summed E-state index contributed by atoms with van der Waals surface area (Å²) in [6.45, 7) is 4.14. The number of nitrogens with one attached hydrogen (secondary N) is 1. The molecule has 0 bridgehead atoms. The first-order valence-electron chi connectivity index (χ1n) is 7.27. The smallest absolute Gasteiger partial charge is 0.0699 e. The standard InChI is InChI=1S/C16H23NO/c1-12-5-6-13-7-8-16(15(13)10-12)17-11-14-4-2-3-9-18-14/h5-6,10,14,16-17H,2-4,7-9,11H2,1H3. The van der Waals surface area contributed by atoms with Crippen molar-refractivity contribution in [3.05, 3.63) is 34.9 Å². The molecule has 0 aromatic heterocycles. The Labute approximate surface area is 110 Å². The van der Waals surface area contributed by atoms with Crippen LogP contribution in [-0.4, -0.2) is 19.3 Å². The molecule has 1 aromatic carbocycles. The van der Waals surface area contributed by atoms with Gasteiger partial charge in [-0.15, -0.1) is 0 Å². The first-order valence-corrected chi connectivity index (χ1v) is 7.27. The largest absolute Gasteiger partial charge is 0.377 e. The fourth-order valence-corrected chi connectivity index (χ4v) is 3.18. The normalized spacial score (nSPS) is 27.2. The van der Waals surface area contributed by atoms with Gasteiger partial charge in [0.1, 0.15) is 0 Å². The van der Waals surface area contributed by atoms with Gasteiger partial charge in [-0.3, -0.25) is 0 Å². The Morgan fingerprint density at radius 2 is 2.22 bits per heavy atom. The van der Waals surface area contributed by atoms with E-state index in [-0.39, 0.29) is 0 Å². The van der Waals surface area contributed by atoms with E-state index in [4.69, 9.17) is 4.74 Å². The molecular formula is C16H23NO. The molecule has 3 rings (SSSR count). The van der Waals surface area contributed by atoms with Gasteiger partial charge >= 0.3 is 0 Å². The lowest BCUT2D eigenvalue weighted by atomic mass is 10.0. The van der Waals surface area contributed by atoms with E-state index in [0.29, 0.717) is 12.1 Å². The minimum Gasteiger partial charge on any atom is -0.377 e. The molecule has 18 heavy (non-hydrogen) atoms. The van der Waals surface area contributed by atoms with Gasteiger partial charge in [-0.05, 0) is 50.2 Å². The first kappa shape index (κ1) is 12.2. The summed E-state index contributed by atoms with van der Waals surface area (Å²) in [5.41, 5.74) is 4.42. The molecular weight excluding hydrogens is 222 g/mol. The van der Waals surface area contributed by atoms with E-state index in [0.717, 1.165) is 13.2 Å². The van der Waals surface area contributed by atoms with Crippen LogP contribution >= 0.6 is 0 Å². The van der Waals surface area contributed by atoms with Crippen molar-refractivity contribution in [2.24, 2.45) is 0 Å². The lowest BCUT2D eigenvalue weighted by Crippen LogP contribution is -2.33. The zero-order chi connectivity index (χ0) is 12.4. The Morgan fingerprint density at radius 1 is 1.28 bits per heavy atom. The Morgan fingerprint density at radius 3 is 3.06 bits per heavy atom. The second-order valence-electron chi connectivity index (χ2n) is 5.69. The molecule has 1 aliphatic heterocycles. The van der Waals surface area contributed by atoms with Crippen LogP contribution in [0.1, 0.15) is 48.4 Å². The summed E-state index contributed by atoms with van der Waals surface area (Å²) in [4.78, 5) is 0. The maximum atomic E-state index is 5.79. The first-order chi connectivity index (χ1) is 8.83. The summed E-state index contributed by atoms with van der Waals surface area (Å²) in [6, 6.07) is 7.42. The average molecular weight is 245 g/mol. The van der Waals surface area contributed by atoms with Gasteiger partial charge in [0.25, 0.3) is 0 Å². The van der Waals surface area contributed by atoms with E-state index in [1.807, 2.05) is 0 Å². The molecule has 1 heterocycles. The molecule has 2 heteroatoms. The van der Waals surface area contributed by atoms with Gasteiger partial charge in [0.05, 0.1) is 6.10 Å². The Bertz CT molecular complexity index is 410. The minimum absolute atomic E-state index is 0.438. The van der Waals surface area contributed by atoms with Crippen molar-refractivity contribution in [1.29, 1.82) is 0 Å². The van der Waals surface area contributed by atoms with Crippen molar-refractivity contribution in [3.63, 3.8) is 0 Å². The van der Waals surface area contributed by atoms with E-state index in [1.54, 1.807) is 0 Å². The van der Waals surface area contributed by atoms with E-state index >= 15 is 0 Å². The predicted octanol–water partition coefficient (Wildman–Crippen LogP) is 3.14. The molecule has 0 radical (unpaired) electrons. The maximum absolute atomic E-state index is 5.79. The summed E-state index contributed by atoms with van der Waals surface area (Å²) in [7, 11) is 0. The molecule has 1 fully saturated rings. The lowest BCUT2D eigenvalue weighted by molar-refractivity contribution is 0.0153. The predicted molar refractivity (Wildman–Crippen MR) is 73.8 cm³/mol. The highest BCUT2D eigenvalue weighted by Gasteiger charge is 2.23. The van der Waals surface area contributed by atoms with Gasteiger partial charge in [-0.2, -0.15) is 0 Å². The van der Waals surface area contributed by atoms with Gasteiger partial charge in [0.15, 0.2) is 0 Å². The Balaban J connectivity index is 1.60. The third-order valence-corrected chi connectivity index (χ3v) is 4.25. The molecule has 1 aliphatic carbocycles. The second kappa shape index (κ2) is 5.41. The Hall–Kier alpha value is -0.860. The van der Waals surface area contributed by atoms with Crippen molar-refractivity contribution in [2.45, 2.75) is 51.2 Å². The third kappa shape index (κ3) is 2.60. The molecule has 1 saturated heterocycles. The van der Waals surface area contributed by atoms with Crippen molar-refractivity contribution < 1.29 is 4.74 Å². The number of rotatable bonds is 3. The van der Waals surface area contributed by atoms with Gasteiger partial charge in [0, 0.05) is 19.2 Å². The van der Waals surface area contributed by atoms with E-state index in [2.05, 4.69) is 30.4 Å². The lowest BCUT2D eigenvalue weighted by Gasteiger charge is -2.25. The summed E-state index contributed by atoms with van der Waals surface area (Å²) < 4.78 is 5.79. The maximum Gasteiger partial charge on any atom is 0.0699 e. The highest BCUT2D eigenvalue weighted by molar-refractivity contribution is 5.37. The molecule has 98 valence electrons. The van der Waals surface area contributed by atoms with Crippen LogP contribution in [0.15, 0.2) is 18.2 Å². The quantitative estimate of drug-likeness (QED) is 0.883. The number of hydrogen-bond acceptors (Lipinski definition) is 2. The molecule has 2 nitrogen and oxygen atoms in total. The van der Waals surface area contributed by atoms with Crippen LogP contribution in [0.25, 0.3) is 0 Å². The second-order valence-corrected chi connectivity index (χ2v) is 5.69. The summed E-state index contributed by atoms with van der Waals surface area (Å²) in [5.74, 6) is 0. The highest BCUT2D eigenvalue weighted by Crippen LogP contribution is 2.31. The number of benzene rings is 1. The molecule has 0 saturated carbocycles. The van der Waals surface area contributed by atoms with Gasteiger partial charge < -0.3 is 10.1 Å². The van der Waals surface area contributed by atoms with Gasteiger partial charge in [-0.1, -0.05) is 23.8 Å². The van der Waals surface area contributed by atoms with Crippen molar-refractivity contribution >= 4 is 0 Å². The minimum atomic E-state index is 0.438. The topological polar surface area (TPSA) is 21.3 Å². The van der Waals surface area contributed by atoms with E-state index < -0.39 is 0 Å². The summed E-state index contributed by atoms with van der Waals surface area (Å²) in [5, 5.41) is 3.71. The monoisotopic (exact) mass is 245 g/mol. The molecule has 0 spiro atoms. The van der Waals surface area contributed by atoms with E-state index in [9.17, 15) is 0 Å². The molecule has 2 atom stereocenters. The van der Waals surface area contributed by atoms with Crippen LogP contribution in [0.2, 0.25) is 0 Å². The van der Waals surface area contributed by atoms with Crippen LogP contribution < -0.4 is 5.32 Å². The molecule has 1 N–H and O–H groups in total. The van der Waals surface area contributed by atoms with Crippen LogP contribution in [0.3, 0.4) is 0 Å². The fraction of sp³-hybridized carbons (Fsp3) is 0.625. The third-order valence-electron chi connectivity index (χ3n) is 4.25. The van der Waals surface area contributed by atoms with E-state index in [1.165, 1.54) is 48.8 Å². The highest BCUT2D eigenvalue weighted by atomic mass is 16.5. The number of aryl methyl sites for hydroxylation is 2. The van der Waals surface area contributed by atoms with Crippen LogP contribution in [0.5, 0.6) is 0 Å². The van der Waals surface area contributed by atoms with Crippen molar-refractivity contribution in [1.82, 2.24) is 5.32 Å². The average Bonchev–Trinajstić information content (AvgIpc) is 2.80. The van der Waals surface area contributed by atoms with Crippen molar-refractivity contribution in [2.75, 3.05) is 13.2 Å². The molecule has 1 aromatic rings. The van der Waals surface area contributed by atoms with Crippen LogP contribution in [-0.2, 0) is 11.2 Å². The number of ether oxygens (including phenoxy) is 1. The molecule has 2 unspecified atom stereocenters. The fourth-order valence-electron chi connectivity index (χ4n) is 3.18. The zero-order valence-corrected chi connectivity index (χ0v) is 11.2. The summed E-state index contributed by atoms with van der Waals surface area (Å²) in [6.07, 6.45) is 6.69. The molecule has 2 aliphatic rings. The number of hydrogen-bond donors (Lipinski definition) is 1. The van der Waals surface area contributed by atoms with Crippen LogP contribution in [0, 0.1) is 6.92 Å². The summed E-state index contributed by atoms with van der Waals surface area (Å²) >= 11 is 0. The Kier molecular flexibility index (Phi) is 3.67. The van der Waals surface area contributed by atoms with Gasteiger partial charge in [0.2, 0.25) is 0 Å². The molecule has 0 amide bonds. The zero-order valence-electron chi connectivity index (χ0n) is 11.2. The van der Waals surface area contributed by atoms with Crippen LogP contribution in [0.4, 0.5) is 0 Å². The SMILES string of the molecule is Cc1ccc2c(c1)C(NCC1CCCCO1)CC2. The van der Waals surface area contributed by atoms with Gasteiger partial charge in [-0.25, -0.2) is 0 Å². The number of fused-ring (bicyclic) bond motifs is 1. The van der Waals surface area contributed by atoms with Crippen molar-refractivity contribution in [3.8, 4) is 0 Å².